The minimum atomic E-state index is -0.0417. The topological polar surface area (TPSA) is 46.1 Å². The third-order valence-electron chi connectivity index (χ3n) is 4.46. The predicted octanol–water partition coefficient (Wildman–Crippen LogP) is 1.98. The molecule has 0 amide bonds. The van der Waals surface area contributed by atoms with E-state index < -0.39 is 0 Å². The number of hydroxylamine groups is 6. The SMILES string of the molecule is CC(CC[N+]1([O-])CCCC1)[N+]1([O-])CCCC1. The Morgan fingerprint density at radius 1 is 0.938 bits per heavy atom. The van der Waals surface area contributed by atoms with Crippen LogP contribution in [0.5, 0.6) is 0 Å². The lowest BCUT2D eigenvalue weighted by Gasteiger charge is -2.46. The van der Waals surface area contributed by atoms with E-state index in [0.29, 0.717) is 6.54 Å². The molecule has 2 heterocycles. The second-order valence-corrected chi connectivity index (χ2v) is 5.68. The Hall–Kier alpha value is -0.160. The molecule has 1 unspecified atom stereocenters. The first-order chi connectivity index (χ1) is 7.54. The molecular weight excluding hydrogens is 204 g/mol. The van der Waals surface area contributed by atoms with E-state index in [4.69, 9.17) is 0 Å². The predicted molar refractivity (Wildman–Crippen MR) is 64.1 cm³/mol. The molecule has 1 atom stereocenters. The molecule has 2 saturated heterocycles. The second kappa shape index (κ2) is 4.61. The molecule has 0 aromatic heterocycles. The highest BCUT2D eigenvalue weighted by Gasteiger charge is 2.31. The van der Waals surface area contributed by atoms with Crippen molar-refractivity contribution in [2.24, 2.45) is 0 Å². The van der Waals surface area contributed by atoms with E-state index >= 15 is 0 Å². The first-order valence-corrected chi connectivity index (χ1v) is 6.69. The van der Waals surface area contributed by atoms with Crippen LogP contribution in [0.2, 0.25) is 0 Å². The van der Waals surface area contributed by atoms with Crippen LogP contribution in [0.1, 0.15) is 39.0 Å². The van der Waals surface area contributed by atoms with Crippen molar-refractivity contribution < 1.29 is 9.29 Å². The van der Waals surface area contributed by atoms with Gasteiger partial charge in [-0.05, 0) is 6.92 Å². The summed E-state index contributed by atoms with van der Waals surface area (Å²) in [5, 5.41) is 24.5. The summed E-state index contributed by atoms with van der Waals surface area (Å²) < 4.78 is -0.0790. The molecule has 0 aliphatic carbocycles. The largest absolute Gasteiger partial charge is 0.633 e. The van der Waals surface area contributed by atoms with Crippen molar-refractivity contribution in [3.05, 3.63) is 10.4 Å². The number of quaternary nitrogens is 2. The van der Waals surface area contributed by atoms with Gasteiger partial charge >= 0.3 is 0 Å². The molecule has 2 aliphatic rings. The lowest BCUT2D eigenvalue weighted by atomic mass is 10.2. The van der Waals surface area contributed by atoms with Gasteiger partial charge in [-0.3, -0.25) is 0 Å². The maximum atomic E-state index is 12.3. The van der Waals surface area contributed by atoms with Gasteiger partial charge in [-0.25, -0.2) is 0 Å². The van der Waals surface area contributed by atoms with Gasteiger partial charge in [0, 0.05) is 32.1 Å². The van der Waals surface area contributed by atoms with Gasteiger partial charge in [-0.2, -0.15) is 0 Å². The van der Waals surface area contributed by atoms with Crippen molar-refractivity contribution in [1.29, 1.82) is 0 Å². The zero-order chi connectivity index (χ0) is 11.6. The van der Waals surface area contributed by atoms with Gasteiger partial charge in [0.1, 0.15) is 0 Å². The number of hydrogen-bond acceptors (Lipinski definition) is 2. The van der Waals surface area contributed by atoms with Crippen molar-refractivity contribution in [3.63, 3.8) is 0 Å². The lowest BCUT2D eigenvalue weighted by molar-refractivity contribution is -0.904. The van der Waals surface area contributed by atoms with E-state index in [1.54, 1.807) is 0 Å². The fraction of sp³-hybridized carbons (Fsp3) is 1.00. The minimum Gasteiger partial charge on any atom is -0.633 e. The molecule has 0 saturated carbocycles. The number of nitrogens with zero attached hydrogens (tertiary/aromatic N) is 2. The Morgan fingerprint density at radius 3 is 2.00 bits per heavy atom. The first kappa shape index (κ1) is 12.3. The van der Waals surface area contributed by atoms with Crippen LogP contribution in [0.25, 0.3) is 0 Å². The van der Waals surface area contributed by atoms with E-state index in [-0.39, 0.29) is 15.3 Å². The molecule has 0 N–H and O–H groups in total. The smallest absolute Gasteiger partial charge is 0.0913 e. The summed E-state index contributed by atoms with van der Waals surface area (Å²) in [4.78, 5) is 0. The van der Waals surface area contributed by atoms with E-state index in [9.17, 15) is 10.4 Å². The summed E-state index contributed by atoms with van der Waals surface area (Å²) in [7, 11) is 0. The zero-order valence-electron chi connectivity index (χ0n) is 10.4. The molecular formula is C12H24N2O2. The summed E-state index contributed by atoms with van der Waals surface area (Å²) in [6, 6.07) is 0.118. The van der Waals surface area contributed by atoms with Crippen molar-refractivity contribution in [2.45, 2.75) is 45.1 Å². The standard InChI is InChI=1S/C12H24N2O2/c1-12(14(16)9-4-5-10-14)6-11-13(15)7-2-3-8-13/h12H,2-11H2,1H3. The van der Waals surface area contributed by atoms with E-state index in [1.165, 1.54) is 0 Å². The van der Waals surface area contributed by atoms with Crippen LogP contribution in [-0.2, 0) is 0 Å². The van der Waals surface area contributed by atoms with Crippen molar-refractivity contribution in [1.82, 2.24) is 0 Å². The maximum Gasteiger partial charge on any atom is 0.0913 e. The average Bonchev–Trinajstić information content (AvgIpc) is 2.86. The highest BCUT2D eigenvalue weighted by molar-refractivity contribution is 4.64. The van der Waals surface area contributed by atoms with Gasteiger partial charge in [-0.1, -0.05) is 0 Å². The van der Waals surface area contributed by atoms with Crippen molar-refractivity contribution in [3.8, 4) is 0 Å². The Balaban J connectivity index is 1.80. The summed E-state index contributed by atoms with van der Waals surface area (Å²) >= 11 is 0. The molecule has 2 aliphatic heterocycles. The van der Waals surface area contributed by atoms with Crippen LogP contribution in [-0.4, -0.2) is 48.1 Å². The molecule has 2 fully saturated rings. The average molecular weight is 228 g/mol. The molecule has 0 aromatic rings. The number of rotatable bonds is 4. The molecule has 2 rings (SSSR count). The zero-order valence-corrected chi connectivity index (χ0v) is 10.4. The summed E-state index contributed by atoms with van der Waals surface area (Å²) in [6.07, 6.45) is 5.05. The lowest BCUT2D eigenvalue weighted by Crippen LogP contribution is -2.49. The van der Waals surface area contributed by atoms with Gasteiger partial charge in [0.25, 0.3) is 0 Å². The van der Waals surface area contributed by atoms with Crippen LogP contribution >= 0.6 is 0 Å². The van der Waals surface area contributed by atoms with Crippen molar-refractivity contribution >= 4 is 0 Å². The molecule has 94 valence electrons. The Labute approximate surface area is 98.2 Å². The van der Waals surface area contributed by atoms with Gasteiger partial charge in [0.2, 0.25) is 0 Å². The van der Waals surface area contributed by atoms with Crippen LogP contribution in [0.15, 0.2) is 0 Å². The molecule has 4 heteroatoms. The first-order valence-electron chi connectivity index (χ1n) is 6.69. The quantitative estimate of drug-likeness (QED) is 0.545. The molecule has 0 radical (unpaired) electrons. The number of likely N-dealkylation sites (tertiary alicyclic amines) is 2. The monoisotopic (exact) mass is 228 g/mol. The van der Waals surface area contributed by atoms with E-state index in [2.05, 4.69) is 0 Å². The Bertz CT molecular complexity index is 233. The van der Waals surface area contributed by atoms with E-state index in [1.807, 2.05) is 6.92 Å². The van der Waals surface area contributed by atoms with Gasteiger partial charge < -0.3 is 19.7 Å². The minimum absolute atomic E-state index is 0.0374. The highest BCUT2D eigenvalue weighted by Crippen LogP contribution is 2.26. The van der Waals surface area contributed by atoms with Crippen LogP contribution in [0.4, 0.5) is 0 Å². The normalized spacial score (nSPS) is 29.4. The molecule has 0 bridgehead atoms. The fourth-order valence-electron chi connectivity index (χ4n) is 3.10. The van der Waals surface area contributed by atoms with Gasteiger partial charge in [-0.15, -0.1) is 0 Å². The summed E-state index contributed by atoms with van der Waals surface area (Å²) in [5.74, 6) is 0. The molecule has 4 nitrogen and oxygen atoms in total. The summed E-state index contributed by atoms with van der Waals surface area (Å²) in [5.41, 5.74) is 0. The third kappa shape index (κ3) is 2.56. The second-order valence-electron chi connectivity index (χ2n) is 5.68. The molecule has 0 spiro atoms. The fourth-order valence-corrected chi connectivity index (χ4v) is 3.10. The maximum absolute atomic E-state index is 12.3. The van der Waals surface area contributed by atoms with Crippen LogP contribution in [0.3, 0.4) is 0 Å². The van der Waals surface area contributed by atoms with Crippen LogP contribution < -0.4 is 0 Å². The van der Waals surface area contributed by atoms with Crippen molar-refractivity contribution in [2.75, 3.05) is 32.7 Å². The van der Waals surface area contributed by atoms with Gasteiger partial charge in [0.05, 0.1) is 38.8 Å². The third-order valence-corrected chi connectivity index (χ3v) is 4.46. The Morgan fingerprint density at radius 2 is 1.44 bits per heavy atom. The highest BCUT2D eigenvalue weighted by atomic mass is 16.6. The van der Waals surface area contributed by atoms with E-state index in [0.717, 1.165) is 58.3 Å². The van der Waals surface area contributed by atoms with Gasteiger partial charge in [0.15, 0.2) is 0 Å². The molecule has 0 aromatic carbocycles. The molecule has 16 heavy (non-hydrogen) atoms. The number of hydrogen-bond donors (Lipinski definition) is 0. The summed E-state index contributed by atoms with van der Waals surface area (Å²) in [6.45, 7) is 5.75. The van der Waals surface area contributed by atoms with Crippen LogP contribution in [0, 0.1) is 10.4 Å². The Kier molecular flexibility index (Phi) is 3.54.